The van der Waals surface area contributed by atoms with Crippen LogP contribution < -0.4 is 5.73 Å². The second kappa shape index (κ2) is 4.00. The molecule has 1 aliphatic heterocycles. The fourth-order valence-electron chi connectivity index (χ4n) is 0.806. The predicted molar refractivity (Wildman–Crippen MR) is 49.4 cm³/mol. The van der Waals surface area contributed by atoms with Crippen molar-refractivity contribution in [2.75, 3.05) is 19.1 Å². The van der Waals surface area contributed by atoms with Gasteiger partial charge in [0.15, 0.2) is 0 Å². The molecule has 0 aromatic carbocycles. The van der Waals surface area contributed by atoms with Gasteiger partial charge in [0.25, 0.3) is 5.12 Å². The van der Waals surface area contributed by atoms with Crippen molar-refractivity contribution in [3.05, 3.63) is 0 Å². The van der Waals surface area contributed by atoms with Gasteiger partial charge in [-0.1, -0.05) is 0 Å². The van der Waals surface area contributed by atoms with E-state index in [0.29, 0.717) is 0 Å². The third-order valence-corrected chi connectivity index (χ3v) is 3.23. The van der Waals surface area contributed by atoms with Gasteiger partial charge < -0.3 is 10.5 Å². The van der Waals surface area contributed by atoms with Crippen LogP contribution in [0.5, 0.6) is 0 Å². The summed E-state index contributed by atoms with van der Waals surface area (Å²) in [5.74, 6) is 1.05. The Morgan fingerprint density at radius 3 is 2.82 bits per heavy atom. The van der Waals surface area contributed by atoms with E-state index in [-0.39, 0.29) is 6.04 Å². The van der Waals surface area contributed by atoms with Crippen LogP contribution in [0.25, 0.3) is 0 Å². The zero-order valence-corrected chi connectivity index (χ0v) is 8.33. The van der Waals surface area contributed by atoms with Crippen LogP contribution in [-0.2, 0) is 8.92 Å². The summed E-state index contributed by atoms with van der Waals surface area (Å²) >= 11 is 3.10. The Kier molecular flexibility index (Phi) is 3.52. The van der Waals surface area contributed by atoms with Gasteiger partial charge in [-0.25, -0.2) is 0 Å². The van der Waals surface area contributed by atoms with Gasteiger partial charge in [-0.15, -0.1) is 0 Å². The van der Waals surface area contributed by atoms with Crippen LogP contribution >= 0.6 is 23.8 Å². The van der Waals surface area contributed by atoms with Crippen LogP contribution in [0, 0.1) is 0 Å². The smallest absolute Gasteiger partial charge is 0.270 e. The van der Waals surface area contributed by atoms with Gasteiger partial charge in [-0.05, 0) is 18.4 Å². The number of methoxy groups -OCH3 is 1. The molecule has 1 aliphatic rings. The van der Waals surface area contributed by atoms with Crippen molar-refractivity contribution in [1.29, 1.82) is 0 Å². The molecule has 1 saturated heterocycles. The van der Waals surface area contributed by atoms with E-state index in [1.54, 1.807) is 18.9 Å². The predicted octanol–water partition coefficient (Wildman–Crippen LogP) is 1.05. The monoisotopic (exact) mass is 195 g/mol. The van der Waals surface area contributed by atoms with Crippen molar-refractivity contribution in [3.63, 3.8) is 0 Å². The molecule has 2 atom stereocenters. The number of nitrogens with two attached hydrogens (primary N) is 1. The van der Waals surface area contributed by atoms with E-state index in [1.165, 1.54) is 12.0 Å². The molecule has 0 bridgehead atoms. The quantitative estimate of drug-likeness (QED) is 0.525. The van der Waals surface area contributed by atoms with E-state index in [2.05, 4.69) is 6.26 Å². The summed E-state index contributed by atoms with van der Waals surface area (Å²) in [5.41, 5.74) is 5.83. The van der Waals surface area contributed by atoms with Gasteiger partial charge in [0.1, 0.15) is 0 Å². The van der Waals surface area contributed by atoms with Gasteiger partial charge in [0.2, 0.25) is 0 Å². The molecular formula is C6H13NO2S2. The highest BCUT2D eigenvalue weighted by Gasteiger charge is 2.53. The molecule has 5 heteroatoms. The zero-order valence-electron chi connectivity index (χ0n) is 6.70. The van der Waals surface area contributed by atoms with Gasteiger partial charge >= 0.3 is 0 Å². The molecule has 0 amide bonds. The molecule has 0 aromatic heterocycles. The second-order valence-corrected chi connectivity index (χ2v) is 4.25. The minimum Gasteiger partial charge on any atom is -0.341 e. The van der Waals surface area contributed by atoms with E-state index in [9.17, 15) is 0 Å². The Morgan fingerprint density at radius 1 is 1.82 bits per heavy atom. The molecule has 0 aromatic rings. The number of hydrogen-bond donors (Lipinski definition) is 1. The Morgan fingerprint density at radius 2 is 2.45 bits per heavy atom. The lowest BCUT2D eigenvalue weighted by Gasteiger charge is -2.15. The first-order valence-electron chi connectivity index (χ1n) is 3.41. The summed E-state index contributed by atoms with van der Waals surface area (Å²) in [7, 11) is 1.62. The molecule has 3 nitrogen and oxygen atoms in total. The molecule has 2 N–H and O–H groups in total. The first kappa shape index (κ1) is 9.67. The van der Waals surface area contributed by atoms with E-state index >= 15 is 0 Å². The molecule has 11 heavy (non-hydrogen) atoms. The SMILES string of the molecule is COC1([C@@H](N)CCSC)OS1. The fourth-order valence-corrected chi connectivity index (χ4v) is 1.88. The summed E-state index contributed by atoms with van der Waals surface area (Å²) in [4.78, 5) is 0. The highest BCUT2D eigenvalue weighted by Crippen LogP contribution is 2.50. The van der Waals surface area contributed by atoms with Crippen LogP contribution in [-0.4, -0.2) is 30.3 Å². The number of hydrogen-bond acceptors (Lipinski definition) is 5. The van der Waals surface area contributed by atoms with E-state index in [0.717, 1.165) is 12.2 Å². The van der Waals surface area contributed by atoms with Crippen molar-refractivity contribution >= 4 is 23.8 Å². The van der Waals surface area contributed by atoms with Crippen molar-refractivity contribution < 1.29 is 8.92 Å². The first-order valence-corrected chi connectivity index (χ1v) is 5.55. The van der Waals surface area contributed by atoms with Gasteiger partial charge in [-0.2, -0.15) is 11.8 Å². The molecule has 66 valence electrons. The Balaban J connectivity index is 2.23. The minimum absolute atomic E-state index is 0.00931. The third-order valence-electron chi connectivity index (χ3n) is 1.62. The van der Waals surface area contributed by atoms with Crippen LogP contribution in [0.2, 0.25) is 0 Å². The number of rotatable bonds is 5. The van der Waals surface area contributed by atoms with Gasteiger partial charge in [0.05, 0.1) is 18.1 Å². The van der Waals surface area contributed by atoms with Crippen LogP contribution in [0.1, 0.15) is 6.42 Å². The fraction of sp³-hybridized carbons (Fsp3) is 1.00. The lowest BCUT2D eigenvalue weighted by molar-refractivity contribution is -0.0286. The molecule has 0 aliphatic carbocycles. The minimum atomic E-state index is -0.518. The van der Waals surface area contributed by atoms with E-state index in [4.69, 9.17) is 14.7 Å². The van der Waals surface area contributed by atoms with Crippen LogP contribution in [0.3, 0.4) is 0 Å². The number of thioether (sulfide) groups is 1. The molecule has 1 fully saturated rings. The molecule has 0 spiro atoms. The average molecular weight is 195 g/mol. The maximum absolute atomic E-state index is 5.83. The number of ether oxygens (including phenoxy) is 1. The molecule has 1 rings (SSSR count). The third kappa shape index (κ3) is 2.26. The first-order chi connectivity index (χ1) is 5.25. The van der Waals surface area contributed by atoms with Crippen molar-refractivity contribution in [2.45, 2.75) is 17.6 Å². The van der Waals surface area contributed by atoms with Crippen molar-refractivity contribution in [3.8, 4) is 0 Å². The highest BCUT2D eigenvalue weighted by atomic mass is 32.2. The van der Waals surface area contributed by atoms with Gasteiger partial charge in [-0.3, -0.25) is 4.18 Å². The highest BCUT2D eigenvalue weighted by molar-refractivity contribution is 8.01. The standard InChI is InChI=1S/C6H13NO2S2/c1-8-6(9-11-6)5(7)3-4-10-2/h5H,3-4,7H2,1-2H3/t5-,6?/m0/s1. The average Bonchev–Trinajstić information content (AvgIpc) is 2.80. The summed E-state index contributed by atoms with van der Waals surface area (Å²) in [5, 5.41) is -0.518. The lowest BCUT2D eigenvalue weighted by Crippen LogP contribution is -2.38. The Labute approximate surface area is 75.6 Å². The molecule has 0 saturated carbocycles. The summed E-state index contributed by atoms with van der Waals surface area (Å²) in [6, 6.07) is -0.00931. The summed E-state index contributed by atoms with van der Waals surface area (Å²) in [6.45, 7) is 0. The lowest BCUT2D eigenvalue weighted by atomic mass is 10.2. The van der Waals surface area contributed by atoms with Gasteiger partial charge in [0, 0.05) is 7.11 Å². The Bertz CT molecular complexity index is 130. The van der Waals surface area contributed by atoms with Crippen LogP contribution in [0.15, 0.2) is 0 Å². The van der Waals surface area contributed by atoms with E-state index in [1.807, 2.05) is 0 Å². The zero-order chi connectivity index (χ0) is 8.32. The topological polar surface area (TPSA) is 47.8 Å². The molecular weight excluding hydrogens is 182 g/mol. The molecule has 0 radical (unpaired) electrons. The molecule has 1 unspecified atom stereocenters. The van der Waals surface area contributed by atoms with Crippen molar-refractivity contribution in [1.82, 2.24) is 0 Å². The van der Waals surface area contributed by atoms with Crippen molar-refractivity contribution in [2.24, 2.45) is 5.73 Å². The van der Waals surface area contributed by atoms with Crippen LogP contribution in [0.4, 0.5) is 0 Å². The maximum Gasteiger partial charge on any atom is 0.270 e. The largest absolute Gasteiger partial charge is 0.341 e. The van der Waals surface area contributed by atoms with E-state index < -0.39 is 5.12 Å². The molecule has 1 heterocycles. The Hall–Kier alpha value is 0.580. The maximum atomic E-state index is 5.83. The summed E-state index contributed by atoms with van der Waals surface area (Å²) in [6.07, 6.45) is 3.00. The normalized spacial score (nSPS) is 31.9. The summed E-state index contributed by atoms with van der Waals surface area (Å²) < 4.78 is 10.2. The second-order valence-electron chi connectivity index (χ2n) is 2.36.